The molecule has 0 spiro atoms. The van der Waals surface area contributed by atoms with Gasteiger partial charge < -0.3 is 4.57 Å². The number of benzene rings is 3. The van der Waals surface area contributed by atoms with Gasteiger partial charge in [0, 0.05) is 22.6 Å². The van der Waals surface area contributed by atoms with Gasteiger partial charge in [-0.2, -0.15) is 15.1 Å². The number of thioether (sulfide) groups is 1. The molecule has 0 saturated heterocycles. The third-order valence-corrected chi connectivity index (χ3v) is 7.53. The van der Waals surface area contributed by atoms with E-state index >= 15 is 0 Å². The Balaban J connectivity index is 1.37. The number of nitrogens with zero attached hydrogens (tertiary/aromatic N) is 4. The van der Waals surface area contributed by atoms with Crippen molar-refractivity contribution >= 4 is 50.6 Å². The molecule has 6 rings (SSSR count). The predicted molar refractivity (Wildman–Crippen MR) is 148 cm³/mol. The fraction of sp³-hybridized carbons (Fsp3) is 0.103. The van der Waals surface area contributed by atoms with Crippen LogP contribution in [0, 0.1) is 26.2 Å². The summed E-state index contributed by atoms with van der Waals surface area (Å²) in [6.45, 7) is 6.09. The van der Waals surface area contributed by atoms with Crippen LogP contribution in [0.15, 0.2) is 88.5 Å². The van der Waals surface area contributed by atoms with Crippen LogP contribution in [0.1, 0.15) is 28.1 Å². The quantitative estimate of drug-likeness (QED) is 0.347. The van der Waals surface area contributed by atoms with Crippen LogP contribution in [0.25, 0.3) is 22.5 Å². The third kappa shape index (κ3) is 3.60. The van der Waals surface area contributed by atoms with Crippen molar-refractivity contribution in [1.82, 2.24) is 9.58 Å². The number of hydrogen-bond donors (Lipinski definition) is 1. The number of hydrogen-bond acceptors (Lipinski definition) is 4. The number of carbonyl (C=O) groups excluding carboxylic acids is 1. The molecule has 0 fully saturated rings. The number of amidine groups is 2. The van der Waals surface area contributed by atoms with Gasteiger partial charge in [0.2, 0.25) is 5.17 Å². The number of aromatic nitrogens is 1. The van der Waals surface area contributed by atoms with Crippen molar-refractivity contribution < 1.29 is 4.79 Å². The second-order valence-electron chi connectivity index (χ2n) is 8.93. The second-order valence-corrected chi connectivity index (χ2v) is 9.89. The molecule has 0 bridgehead atoms. The van der Waals surface area contributed by atoms with Gasteiger partial charge in [-0.25, -0.2) is 0 Å². The van der Waals surface area contributed by atoms with Crippen molar-refractivity contribution in [2.45, 2.75) is 20.8 Å². The topological polar surface area (TPSA) is 73.8 Å². The van der Waals surface area contributed by atoms with Crippen LogP contribution in [-0.2, 0) is 4.79 Å². The van der Waals surface area contributed by atoms with E-state index in [0.717, 1.165) is 38.8 Å². The van der Waals surface area contributed by atoms with Crippen molar-refractivity contribution in [2.75, 3.05) is 0 Å². The van der Waals surface area contributed by atoms with Gasteiger partial charge in [0.15, 0.2) is 5.84 Å². The molecule has 1 N–H and O–H groups in total. The highest BCUT2D eigenvalue weighted by atomic mass is 32.2. The SMILES string of the molecule is Cc1ccccc1C1=NN2C(=N)C(=Cc3cc(C)n(-c4ccc5ccccc5c4)c3C)C(=O)N=C2S1. The number of rotatable bonds is 3. The highest BCUT2D eigenvalue weighted by molar-refractivity contribution is 8.27. The molecular formula is C29H23N5OS. The van der Waals surface area contributed by atoms with E-state index in [1.165, 1.54) is 27.5 Å². The summed E-state index contributed by atoms with van der Waals surface area (Å²) in [6.07, 6.45) is 1.76. The first-order valence-corrected chi connectivity index (χ1v) is 12.5. The fourth-order valence-corrected chi connectivity index (χ4v) is 5.70. The van der Waals surface area contributed by atoms with E-state index in [-0.39, 0.29) is 11.4 Å². The lowest BCUT2D eigenvalue weighted by Gasteiger charge is -2.20. The predicted octanol–water partition coefficient (Wildman–Crippen LogP) is 6.22. The van der Waals surface area contributed by atoms with E-state index in [9.17, 15) is 4.79 Å². The first-order valence-electron chi connectivity index (χ1n) is 11.6. The van der Waals surface area contributed by atoms with Crippen LogP contribution in [-0.4, -0.2) is 31.5 Å². The van der Waals surface area contributed by atoms with Crippen molar-refractivity contribution in [2.24, 2.45) is 10.1 Å². The van der Waals surface area contributed by atoms with E-state index in [1.54, 1.807) is 6.08 Å². The highest BCUT2D eigenvalue weighted by Crippen LogP contribution is 2.33. The summed E-state index contributed by atoms with van der Waals surface area (Å²) in [4.78, 5) is 17.3. The maximum atomic E-state index is 13.0. The van der Waals surface area contributed by atoms with E-state index < -0.39 is 5.91 Å². The molecule has 36 heavy (non-hydrogen) atoms. The smallest absolute Gasteiger partial charge is 0.283 e. The molecule has 0 radical (unpaired) electrons. The zero-order valence-corrected chi connectivity index (χ0v) is 20.9. The van der Waals surface area contributed by atoms with Gasteiger partial charge in [-0.05, 0) is 78.7 Å². The van der Waals surface area contributed by atoms with Crippen LogP contribution in [0.4, 0.5) is 0 Å². The lowest BCUT2D eigenvalue weighted by Crippen LogP contribution is -2.35. The highest BCUT2D eigenvalue weighted by Gasteiger charge is 2.36. The van der Waals surface area contributed by atoms with Crippen LogP contribution >= 0.6 is 11.8 Å². The van der Waals surface area contributed by atoms with Gasteiger partial charge >= 0.3 is 0 Å². The monoisotopic (exact) mass is 489 g/mol. The molecule has 2 aliphatic heterocycles. The number of hydrazone groups is 1. The van der Waals surface area contributed by atoms with Crippen LogP contribution in [0.5, 0.6) is 0 Å². The molecule has 4 aromatic rings. The van der Waals surface area contributed by atoms with Gasteiger partial charge in [-0.1, -0.05) is 54.6 Å². The minimum Gasteiger partial charge on any atom is -0.318 e. The average Bonchev–Trinajstić information content (AvgIpc) is 3.41. The fourth-order valence-electron chi connectivity index (χ4n) is 4.72. The molecule has 0 unspecified atom stereocenters. The van der Waals surface area contributed by atoms with Crippen molar-refractivity contribution in [3.8, 4) is 5.69 Å². The standard InChI is InChI=1S/C29H23N5OS/c1-17-8-4-7-11-24(17)28-32-34-26(30)25(27(35)31-29(34)36-28)16-22-14-18(2)33(19(22)3)23-13-12-20-9-5-6-10-21(20)15-23/h4-16,30H,1-3H3. The van der Waals surface area contributed by atoms with Crippen LogP contribution < -0.4 is 0 Å². The Labute approximate surface area is 213 Å². The van der Waals surface area contributed by atoms with Crippen molar-refractivity contribution in [1.29, 1.82) is 5.41 Å². The first-order chi connectivity index (χ1) is 17.4. The normalized spacial score (nSPS) is 16.5. The van der Waals surface area contributed by atoms with E-state index in [0.29, 0.717) is 5.17 Å². The second kappa shape index (κ2) is 8.46. The Hall–Kier alpha value is -4.23. The summed E-state index contributed by atoms with van der Waals surface area (Å²) in [5, 5.41) is 18.4. The van der Waals surface area contributed by atoms with Crippen molar-refractivity contribution in [3.05, 3.63) is 106 Å². The van der Waals surface area contributed by atoms with Gasteiger partial charge in [0.05, 0.1) is 5.57 Å². The largest absolute Gasteiger partial charge is 0.318 e. The van der Waals surface area contributed by atoms with Crippen LogP contribution in [0.3, 0.4) is 0 Å². The molecule has 3 heterocycles. The molecule has 3 aromatic carbocycles. The lowest BCUT2D eigenvalue weighted by molar-refractivity contribution is -0.114. The Morgan fingerprint density at radius 3 is 2.47 bits per heavy atom. The number of carbonyl (C=O) groups is 1. The Bertz CT molecular complexity index is 1690. The molecule has 176 valence electrons. The molecule has 1 amide bonds. The summed E-state index contributed by atoms with van der Waals surface area (Å²) in [7, 11) is 0. The third-order valence-electron chi connectivity index (χ3n) is 6.59. The average molecular weight is 490 g/mol. The zero-order chi connectivity index (χ0) is 25.0. The summed E-state index contributed by atoms with van der Waals surface area (Å²) in [5.74, 6) is -0.382. The molecule has 0 atom stereocenters. The summed E-state index contributed by atoms with van der Waals surface area (Å²) < 4.78 is 2.17. The summed E-state index contributed by atoms with van der Waals surface area (Å²) >= 11 is 1.32. The maximum Gasteiger partial charge on any atom is 0.283 e. The summed E-state index contributed by atoms with van der Waals surface area (Å²) in [5.41, 5.74) is 6.26. The maximum absolute atomic E-state index is 13.0. The Kier molecular flexibility index (Phi) is 5.23. The van der Waals surface area contributed by atoms with Gasteiger partial charge in [0.1, 0.15) is 5.04 Å². The molecule has 6 nitrogen and oxygen atoms in total. The Morgan fingerprint density at radius 2 is 1.67 bits per heavy atom. The van der Waals surface area contributed by atoms with Gasteiger partial charge in [-0.3, -0.25) is 10.2 Å². The molecule has 1 aromatic heterocycles. The number of fused-ring (bicyclic) bond motifs is 2. The number of aryl methyl sites for hydroxylation is 2. The minimum absolute atomic E-state index is 0.0385. The zero-order valence-electron chi connectivity index (χ0n) is 20.1. The molecule has 0 aliphatic carbocycles. The molecule has 0 saturated carbocycles. The first kappa shape index (κ1) is 22.2. The van der Waals surface area contributed by atoms with E-state index in [4.69, 9.17) is 5.41 Å². The number of aliphatic imine (C=N–C) groups is 1. The molecule has 7 heteroatoms. The molecular weight excluding hydrogens is 466 g/mol. The lowest BCUT2D eigenvalue weighted by atomic mass is 10.1. The Morgan fingerprint density at radius 1 is 0.917 bits per heavy atom. The van der Waals surface area contributed by atoms with Crippen LogP contribution in [0.2, 0.25) is 0 Å². The van der Waals surface area contributed by atoms with Gasteiger partial charge in [0.25, 0.3) is 5.91 Å². The minimum atomic E-state index is -0.421. The van der Waals surface area contributed by atoms with Crippen molar-refractivity contribution in [3.63, 3.8) is 0 Å². The number of amides is 1. The van der Waals surface area contributed by atoms with E-state index in [1.807, 2.05) is 63.2 Å². The van der Waals surface area contributed by atoms with E-state index in [2.05, 4.69) is 45.0 Å². The number of nitrogens with one attached hydrogen (secondary N) is 1. The summed E-state index contributed by atoms with van der Waals surface area (Å²) in [6, 6.07) is 24.6. The molecule has 2 aliphatic rings. The van der Waals surface area contributed by atoms with Gasteiger partial charge in [-0.15, -0.1) is 0 Å².